The van der Waals surface area contributed by atoms with Crippen LogP contribution in [0.25, 0.3) is 10.8 Å². The van der Waals surface area contributed by atoms with Gasteiger partial charge in [0.1, 0.15) is 18.3 Å². The normalized spacial score (nSPS) is 17.8. The second kappa shape index (κ2) is 18.1. The van der Waals surface area contributed by atoms with Gasteiger partial charge < -0.3 is 35.4 Å². The van der Waals surface area contributed by atoms with Crippen LogP contribution in [0.15, 0.2) is 126 Å². The number of aliphatic hydroxyl groups excluding tert-OH is 3. The van der Waals surface area contributed by atoms with Crippen molar-refractivity contribution in [1.29, 1.82) is 0 Å². The average molecular weight is 678 g/mol. The molecule has 0 spiro atoms. The molecule has 0 radical (unpaired) electrons. The second-order valence-corrected chi connectivity index (χ2v) is 10.4. The zero-order valence-electron chi connectivity index (χ0n) is 25.1. The first-order chi connectivity index (χ1) is 22.9. The fraction of sp³-hybridized carbons (Fsp3) is 0.143. The van der Waals surface area contributed by atoms with Gasteiger partial charge in [0.2, 0.25) is 0 Å². The van der Waals surface area contributed by atoms with Crippen LogP contribution in [0.3, 0.4) is 0 Å². The van der Waals surface area contributed by atoms with Gasteiger partial charge in [-0.05, 0) is 60.0 Å². The lowest BCUT2D eigenvalue weighted by Gasteiger charge is -2.18. The lowest BCUT2D eigenvalue weighted by molar-refractivity contribution is -0.0541. The summed E-state index contributed by atoms with van der Waals surface area (Å²) in [7, 11) is 0. The number of hydrogen-bond acceptors (Lipinski definition) is 8. The molecule has 6 rings (SSSR count). The van der Waals surface area contributed by atoms with Crippen LogP contribution in [0.5, 0.6) is 0 Å². The first-order valence-electron chi connectivity index (χ1n) is 14.2. The lowest BCUT2D eigenvalue weighted by Crippen LogP contribution is -2.35. The number of aromatic nitrogens is 1. The molecular weight excluding hydrogens is 646 g/mol. The molecule has 5 aromatic rings. The number of carboxylic acid groups (broad SMARTS) is 3. The van der Waals surface area contributed by atoms with E-state index < -0.39 is 49.1 Å². The van der Waals surface area contributed by atoms with Crippen LogP contribution in [0, 0.1) is 0 Å². The minimum atomic E-state index is -1.29. The van der Waals surface area contributed by atoms with E-state index in [9.17, 15) is 29.4 Å². The van der Waals surface area contributed by atoms with Gasteiger partial charge in [0.25, 0.3) is 5.56 Å². The summed E-state index contributed by atoms with van der Waals surface area (Å²) in [5.74, 6) is -2.64. The number of hydrogen-bond donors (Lipinski definition) is 6. The largest absolute Gasteiger partial charge is 0.478 e. The maximum atomic E-state index is 12.5. The van der Waals surface area contributed by atoms with Gasteiger partial charge >= 0.3 is 17.9 Å². The average Bonchev–Trinajstić information content (AvgIpc) is 3.39. The molecule has 0 aliphatic carbocycles. The van der Waals surface area contributed by atoms with E-state index in [1.807, 2.05) is 0 Å². The number of aromatic carboxylic acids is 3. The maximum absolute atomic E-state index is 12.5. The summed E-state index contributed by atoms with van der Waals surface area (Å²) in [5, 5.41) is 55.5. The SMILES string of the molecule is O=C(O)c1ccccc1.O=C(O)c1ccccc1.O=C(O)c1ccccc1.O=c1c2cc(Cl)ccc2ccn1[C@@H]1O[C@H](CO)[C@@H](O)[C@H]1O. The summed E-state index contributed by atoms with van der Waals surface area (Å²) >= 11 is 5.90. The van der Waals surface area contributed by atoms with Crippen LogP contribution in [0.4, 0.5) is 0 Å². The highest BCUT2D eigenvalue weighted by Gasteiger charge is 2.43. The molecule has 12 nitrogen and oxygen atoms in total. The zero-order chi connectivity index (χ0) is 35.2. The summed E-state index contributed by atoms with van der Waals surface area (Å²) in [6.07, 6.45) is -3.03. The molecule has 4 atom stereocenters. The molecule has 48 heavy (non-hydrogen) atoms. The predicted octanol–water partition coefficient (Wildman–Crippen LogP) is 4.42. The van der Waals surface area contributed by atoms with Crippen LogP contribution in [-0.2, 0) is 4.74 Å². The monoisotopic (exact) mass is 677 g/mol. The standard InChI is InChI=1S/C14H14ClNO5.3C7H6O2/c15-8-2-1-7-3-4-16(13(20)9(7)5-8)14-12(19)11(18)10(6-17)21-14;3*8-7(9)6-4-2-1-3-5-6/h1-5,10-12,14,17-19H,6H2;3*1-5H,(H,8,9)/t10-,11-,12-,14-;;;/m1.../s1. The van der Waals surface area contributed by atoms with Crippen LogP contribution in [0.2, 0.25) is 5.02 Å². The number of aliphatic hydroxyl groups is 3. The van der Waals surface area contributed by atoms with Crippen LogP contribution in [0.1, 0.15) is 37.3 Å². The molecule has 0 unspecified atom stereocenters. The molecule has 1 aromatic heterocycles. The molecule has 0 bridgehead atoms. The lowest BCUT2D eigenvalue weighted by atomic mass is 10.1. The Bertz CT molecular complexity index is 1730. The van der Waals surface area contributed by atoms with Crippen LogP contribution in [-0.4, -0.2) is 78.0 Å². The summed E-state index contributed by atoms with van der Waals surface area (Å²) in [6, 6.07) is 31.5. The second-order valence-electron chi connectivity index (χ2n) is 10.0. The van der Waals surface area contributed by atoms with Crippen molar-refractivity contribution in [2.24, 2.45) is 0 Å². The minimum Gasteiger partial charge on any atom is -0.478 e. The summed E-state index contributed by atoms with van der Waals surface area (Å²) in [5.41, 5.74) is 0.609. The first-order valence-corrected chi connectivity index (χ1v) is 14.6. The van der Waals surface area contributed by atoms with Gasteiger partial charge in [-0.2, -0.15) is 0 Å². The topological polar surface area (TPSA) is 204 Å². The van der Waals surface area contributed by atoms with E-state index in [0.29, 0.717) is 32.5 Å². The number of halogens is 1. The molecular formula is C35H32ClNO11. The van der Waals surface area contributed by atoms with Gasteiger partial charge in [0, 0.05) is 16.6 Å². The van der Waals surface area contributed by atoms with Crippen LogP contribution >= 0.6 is 11.6 Å². The zero-order valence-corrected chi connectivity index (χ0v) is 25.9. The predicted molar refractivity (Wildman–Crippen MR) is 176 cm³/mol. The van der Waals surface area contributed by atoms with E-state index in [1.165, 1.54) is 16.8 Å². The van der Waals surface area contributed by atoms with Gasteiger partial charge in [0.15, 0.2) is 6.23 Å². The molecule has 4 aromatic carbocycles. The van der Waals surface area contributed by atoms with E-state index >= 15 is 0 Å². The Hall–Kier alpha value is -5.37. The number of benzene rings is 4. The van der Waals surface area contributed by atoms with Crippen molar-refractivity contribution in [3.05, 3.63) is 154 Å². The Balaban J connectivity index is 0.000000193. The van der Waals surface area contributed by atoms with Crippen molar-refractivity contribution >= 4 is 40.3 Å². The minimum absolute atomic E-state index is 0.331. The summed E-state index contributed by atoms with van der Waals surface area (Å²) < 4.78 is 6.56. The van der Waals surface area contributed by atoms with E-state index in [1.54, 1.807) is 109 Å². The Labute approximate surface area is 278 Å². The molecule has 6 N–H and O–H groups in total. The summed E-state index contributed by atoms with van der Waals surface area (Å²) in [4.78, 5) is 43.1. The Morgan fingerprint density at radius 3 is 1.46 bits per heavy atom. The van der Waals surface area contributed by atoms with Gasteiger partial charge in [-0.1, -0.05) is 72.3 Å². The molecule has 2 heterocycles. The van der Waals surface area contributed by atoms with E-state index in [-0.39, 0.29) is 5.56 Å². The molecule has 13 heteroatoms. The number of rotatable bonds is 5. The number of carboxylic acids is 3. The smallest absolute Gasteiger partial charge is 0.335 e. The third-order valence-corrected chi connectivity index (χ3v) is 6.98. The van der Waals surface area contributed by atoms with Crippen molar-refractivity contribution in [2.75, 3.05) is 6.61 Å². The van der Waals surface area contributed by atoms with Crippen molar-refractivity contribution in [3.63, 3.8) is 0 Å². The Morgan fingerprint density at radius 1 is 0.667 bits per heavy atom. The number of fused-ring (bicyclic) bond motifs is 1. The fourth-order valence-electron chi connectivity index (χ4n) is 4.28. The number of pyridine rings is 1. The highest BCUT2D eigenvalue weighted by atomic mass is 35.5. The molecule has 0 saturated carbocycles. The van der Waals surface area contributed by atoms with Crippen LogP contribution < -0.4 is 5.56 Å². The Kier molecular flexibility index (Phi) is 14.0. The van der Waals surface area contributed by atoms with E-state index in [4.69, 9.17) is 36.8 Å². The van der Waals surface area contributed by atoms with Gasteiger partial charge in [0.05, 0.1) is 23.3 Å². The maximum Gasteiger partial charge on any atom is 0.335 e. The number of carbonyl (C=O) groups is 3. The van der Waals surface area contributed by atoms with Gasteiger partial charge in [-0.3, -0.25) is 9.36 Å². The van der Waals surface area contributed by atoms with Gasteiger partial charge in [-0.25, -0.2) is 14.4 Å². The van der Waals surface area contributed by atoms with Crippen molar-refractivity contribution < 1.29 is 49.8 Å². The Morgan fingerprint density at radius 2 is 1.10 bits per heavy atom. The molecule has 250 valence electrons. The van der Waals surface area contributed by atoms with Crippen molar-refractivity contribution in [1.82, 2.24) is 4.57 Å². The third-order valence-electron chi connectivity index (χ3n) is 6.75. The van der Waals surface area contributed by atoms with Crippen molar-refractivity contribution in [3.8, 4) is 0 Å². The van der Waals surface area contributed by atoms with E-state index in [0.717, 1.165) is 0 Å². The first kappa shape index (κ1) is 37.1. The highest BCUT2D eigenvalue weighted by Crippen LogP contribution is 2.29. The molecule has 1 saturated heterocycles. The van der Waals surface area contributed by atoms with Crippen molar-refractivity contribution in [2.45, 2.75) is 24.5 Å². The molecule has 1 aliphatic rings. The fourth-order valence-corrected chi connectivity index (χ4v) is 4.45. The number of ether oxygens (including phenoxy) is 1. The summed E-state index contributed by atoms with van der Waals surface area (Å²) in [6.45, 7) is -0.442. The highest BCUT2D eigenvalue weighted by molar-refractivity contribution is 6.31. The molecule has 1 fully saturated rings. The molecule has 0 amide bonds. The molecule has 1 aliphatic heterocycles. The quantitative estimate of drug-likeness (QED) is 0.154. The van der Waals surface area contributed by atoms with E-state index in [2.05, 4.69) is 0 Å². The third kappa shape index (κ3) is 10.3. The number of nitrogens with zero attached hydrogens (tertiary/aromatic N) is 1. The van der Waals surface area contributed by atoms with Gasteiger partial charge in [-0.15, -0.1) is 0 Å².